The number of hydrogen-bond donors (Lipinski definition) is 2. The lowest BCUT2D eigenvalue weighted by atomic mass is 10.1. The van der Waals surface area contributed by atoms with Crippen molar-refractivity contribution in [2.45, 2.75) is 25.8 Å². The second-order valence-electron chi connectivity index (χ2n) is 4.59. The van der Waals surface area contributed by atoms with E-state index < -0.39 is 0 Å². The zero-order valence-corrected chi connectivity index (χ0v) is 9.63. The van der Waals surface area contributed by atoms with Gasteiger partial charge in [-0.25, -0.2) is 0 Å². The Morgan fingerprint density at radius 3 is 2.94 bits per heavy atom. The van der Waals surface area contributed by atoms with Crippen LogP contribution in [-0.4, -0.2) is 18.1 Å². The zero-order chi connectivity index (χ0) is 11.3. The molecule has 84 valence electrons. The molecule has 0 amide bonds. The minimum atomic E-state index is 0.274. The quantitative estimate of drug-likeness (QED) is 0.765. The average molecular weight is 216 g/mol. The molecule has 0 fully saturated rings. The Morgan fingerprint density at radius 1 is 1.38 bits per heavy atom. The second kappa shape index (κ2) is 3.25. The zero-order valence-electron chi connectivity index (χ0n) is 9.63. The molecule has 3 rings (SSSR count). The van der Waals surface area contributed by atoms with E-state index >= 15 is 0 Å². The van der Waals surface area contributed by atoms with E-state index in [4.69, 9.17) is 10.5 Å². The maximum absolute atomic E-state index is 5.99. The predicted octanol–water partition coefficient (Wildman–Crippen LogP) is 1.91. The molecule has 3 heteroatoms. The third-order valence-electron chi connectivity index (χ3n) is 3.47. The summed E-state index contributed by atoms with van der Waals surface area (Å²) in [5.41, 5.74) is 11.1. The first kappa shape index (κ1) is 9.73. The number of methoxy groups -OCH3 is 1. The summed E-state index contributed by atoms with van der Waals surface area (Å²) in [6.45, 7) is 2.14. The molecule has 1 aromatic carbocycles. The molecule has 0 spiro atoms. The van der Waals surface area contributed by atoms with Crippen LogP contribution in [0.2, 0.25) is 0 Å². The largest absolute Gasteiger partial charge is 0.495 e. The fourth-order valence-corrected chi connectivity index (χ4v) is 2.74. The van der Waals surface area contributed by atoms with Gasteiger partial charge < -0.3 is 15.5 Å². The van der Waals surface area contributed by atoms with E-state index in [1.807, 2.05) is 6.07 Å². The molecular weight excluding hydrogens is 200 g/mol. The van der Waals surface area contributed by atoms with Crippen molar-refractivity contribution in [1.82, 2.24) is 4.98 Å². The van der Waals surface area contributed by atoms with Crippen LogP contribution in [0.5, 0.6) is 5.75 Å². The van der Waals surface area contributed by atoms with Gasteiger partial charge in [-0.15, -0.1) is 0 Å². The molecule has 0 saturated carbocycles. The van der Waals surface area contributed by atoms with E-state index in [2.05, 4.69) is 18.0 Å². The number of H-pyrrole nitrogens is 1. The van der Waals surface area contributed by atoms with Crippen LogP contribution >= 0.6 is 0 Å². The summed E-state index contributed by atoms with van der Waals surface area (Å²) in [6, 6.07) is 4.40. The summed E-state index contributed by atoms with van der Waals surface area (Å²) in [5.74, 6) is 0.920. The SMILES string of the molecule is COc1ccc(C)c2c3c([nH]c12)CC(N)C3. The molecule has 0 bridgehead atoms. The minimum Gasteiger partial charge on any atom is -0.495 e. The highest BCUT2D eigenvalue weighted by Gasteiger charge is 2.24. The fraction of sp³-hybridized carbons (Fsp3) is 0.385. The maximum atomic E-state index is 5.99. The molecular formula is C13H16N2O. The van der Waals surface area contributed by atoms with Crippen molar-refractivity contribution in [3.63, 3.8) is 0 Å². The molecule has 1 atom stereocenters. The minimum absolute atomic E-state index is 0.274. The molecule has 0 saturated heterocycles. The topological polar surface area (TPSA) is 51.0 Å². The standard InChI is InChI=1S/C13H16N2O/c1-7-3-4-11(16-2)13-12(7)9-5-8(14)6-10(9)15-13/h3-4,8,15H,5-6,14H2,1-2H3. The van der Waals surface area contributed by atoms with Crippen LogP contribution in [-0.2, 0) is 12.8 Å². The lowest BCUT2D eigenvalue weighted by Crippen LogP contribution is -2.19. The summed E-state index contributed by atoms with van der Waals surface area (Å²) < 4.78 is 5.38. The summed E-state index contributed by atoms with van der Waals surface area (Å²) in [7, 11) is 1.71. The molecule has 0 aliphatic heterocycles. The van der Waals surface area contributed by atoms with Crippen molar-refractivity contribution >= 4 is 10.9 Å². The van der Waals surface area contributed by atoms with Gasteiger partial charge in [0.25, 0.3) is 0 Å². The van der Waals surface area contributed by atoms with Crippen LogP contribution in [0.1, 0.15) is 16.8 Å². The number of aromatic nitrogens is 1. The Balaban J connectivity index is 2.33. The number of benzene rings is 1. The lowest BCUT2D eigenvalue weighted by Gasteiger charge is -2.06. The highest BCUT2D eigenvalue weighted by Crippen LogP contribution is 2.36. The second-order valence-corrected chi connectivity index (χ2v) is 4.59. The van der Waals surface area contributed by atoms with Gasteiger partial charge in [0.05, 0.1) is 12.6 Å². The first-order valence-corrected chi connectivity index (χ1v) is 5.63. The van der Waals surface area contributed by atoms with Gasteiger partial charge in [-0.05, 0) is 30.5 Å². The molecule has 1 aliphatic carbocycles. The molecule has 16 heavy (non-hydrogen) atoms. The van der Waals surface area contributed by atoms with Crippen LogP contribution in [0, 0.1) is 6.92 Å². The Bertz CT molecular complexity index is 557. The lowest BCUT2D eigenvalue weighted by molar-refractivity contribution is 0.419. The molecule has 1 aliphatic rings. The Kier molecular flexibility index (Phi) is 1.98. The van der Waals surface area contributed by atoms with Crippen LogP contribution < -0.4 is 10.5 Å². The highest BCUT2D eigenvalue weighted by molar-refractivity contribution is 5.92. The van der Waals surface area contributed by atoms with Crippen molar-refractivity contribution in [3.05, 3.63) is 29.0 Å². The van der Waals surface area contributed by atoms with Crippen molar-refractivity contribution in [1.29, 1.82) is 0 Å². The van der Waals surface area contributed by atoms with Crippen molar-refractivity contribution in [2.24, 2.45) is 5.73 Å². The summed E-state index contributed by atoms with van der Waals surface area (Å²) >= 11 is 0. The third-order valence-corrected chi connectivity index (χ3v) is 3.47. The van der Waals surface area contributed by atoms with Crippen molar-refractivity contribution in [2.75, 3.05) is 7.11 Å². The first-order chi connectivity index (χ1) is 7.70. The average Bonchev–Trinajstić information content (AvgIpc) is 2.74. The summed E-state index contributed by atoms with van der Waals surface area (Å²) in [6.07, 6.45) is 1.93. The van der Waals surface area contributed by atoms with Crippen LogP contribution in [0.4, 0.5) is 0 Å². The van der Waals surface area contributed by atoms with Crippen molar-refractivity contribution in [3.8, 4) is 5.75 Å². The highest BCUT2D eigenvalue weighted by atomic mass is 16.5. The van der Waals surface area contributed by atoms with E-state index in [1.165, 1.54) is 22.2 Å². The molecule has 1 aromatic heterocycles. The van der Waals surface area contributed by atoms with Gasteiger partial charge in [-0.3, -0.25) is 0 Å². The van der Waals surface area contributed by atoms with Crippen LogP contribution in [0.25, 0.3) is 10.9 Å². The summed E-state index contributed by atoms with van der Waals surface area (Å²) in [4.78, 5) is 3.46. The van der Waals surface area contributed by atoms with E-state index in [9.17, 15) is 0 Å². The van der Waals surface area contributed by atoms with Crippen molar-refractivity contribution < 1.29 is 4.74 Å². The van der Waals surface area contributed by atoms with Gasteiger partial charge in [0.2, 0.25) is 0 Å². The summed E-state index contributed by atoms with van der Waals surface area (Å²) in [5, 5.41) is 1.31. The number of aromatic amines is 1. The van der Waals surface area contributed by atoms with E-state index in [0.717, 1.165) is 24.1 Å². The van der Waals surface area contributed by atoms with Gasteiger partial charge in [0, 0.05) is 23.5 Å². The number of nitrogens with two attached hydrogens (primary N) is 1. The number of rotatable bonds is 1. The fourth-order valence-electron chi connectivity index (χ4n) is 2.74. The van der Waals surface area contributed by atoms with E-state index in [0.29, 0.717) is 0 Å². The van der Waals surface area contributed by atoms with Gasteiger partial charge in [-0.2, -0.15) is 0 Å². The Hall–Kier alpha value is -1.48. The monoisotopic (exact) mass is 216 g/mol. The number of ether oxygens (including phenoxy) is 1. The van der Waals surface area contributed by atoms with Crippen LogP contribution in [0.3, 0.4) is 0 Å². The smallest absolute Gasteiger partial charge is 0.142 e. The predicted molar refractivity (Wildman–Crippen MR) is 65.0 cm³/mol. The van der Waals surface area contributed by atoms with Gasteiger partial charge in [0.1, 0.15) is 5.75 Å². The molecule has 3 nitrogen and oxygen atoms in total. The molecule has 3 N–H and O–H groups in total. The van der Waals surface area contributed by atoms with E-state index in [1.54, 1.807) is 7.11 Å². The molecule has 0 radical (unpaired) electrons. The Morgan fingerprint density at radius 2 is 2.19 bits per heavy atom. The Labute approximate surface area is 94.6 Å². The van der Waals surface area contributed by atoms with Gasteiger partial charge in [0.15, 0.2) is 0 Å². The number of aryl methyl sites for hydroxylation is 1. The normalized spacial score (nSPS) is 19.1. The third kappa shape index (κ3) is 1.18. The number of nitrogens with one attached hydrogen (secondary N) is 1. The maximum Gasteiger partial charge on any atom is 0.142 e. The first-order valence-electron chi connectivity index (χ1n) is 5.63. The molecule has 2 aromatic rings. The van der Waals surface area contributed by atoms with Gasteiger partial charge in [-0.1, -0.05) is 6.07 Å². The number of hydrogen-bond acceptors (Lipinski definition) is 2. The number of fused-ring (bicyclic) bond motifs is 3. The van der Waals surface area contributed by atoms with E-state index in [-0.39, 0.29) is 6.04 Å². The molecule has 1 heterocycles. The van der Waals surface area contributed by atoms with Crippen LogP contribution in [0.15, 0.2) is 12.1 Å². The van der Waals surface area contributed by atoms with Gasteiger partial charge >= 0.3 is 0 Å². The molecule has 1 unspecified atom stereocenters.